The second kappa shape index (κ2) is 7.18. The Morgan fingerprint density at radius 1 is 1.40 bits per heavy atom. The molecule has 0 aliphatic heterocycles. The van der Waals surface area contributed by atoms with Crippen molar-refractivity contribution in [3.05, 3.63) is 34.1 Å². The molecule has 1 amide bonds. The van der Waals surface area contributed by atoms with E-state index in [0.717, 1.165) is 24.8 Å². The van der Waals surface area contributed by atoms with E-state index in [1.807, 2.05) is 0 Å². The number of nitrogens with one attached hydrogen (secondary N) is 1. The van der Waals surface area contributed by atoms with E-state index in [-0.39, 0.29) is 24.2 Å². The Bertz CT molecular complexity index is 481. The summed E-state index contributed by atoms with van der Waals surface area (Å²) in [5, 5.41) is 3.07. The van der Waals surface area contributed by atoms with Gasteiger partial charge in [-0.25, -0.2) is 4.39 Å². The van der Waals surface area contributed by atoms with Crippen LogP contribution in [0.3, 0.4) is 0 Å². The SMILES string of the molecule is NCC1CCCCC1NC(=O)Cc1ccc(F)c(Br)c1. The van der Waals surface area contributed by atoms with Gasteiger partial charge >= 0.3 is 0 Å². The fourth-order valence-electron chi connectivity index (χ4n) is 2.77. The molecule has 0 saturated heterocycles. The average molecular weight is 343 g/mol. The van der Waals surface area contributed by atoms with Crippen LogP contribution < -0.4 is 11.1 Å². The van der Waals surface area contributed by atoms with Crippen LogP contribution in [-0.2, 0) is 11.2 Å². The summed E-state index contributed by atoms with van der Waals surface area (Å²) < 4.78 is 13.5. The van der Waals surface area contributed by atoms with Gasteiger partial charge in [0.1, 0.15) is 5.82 Å². The third-order valence-corrected chi connectivity index (χ3v) is 4.51. The van der Waals surface area contributed by atoms with Crippen molar-refractivity contribution in [3.63, 3.8) is 0 Å². The molecule has 20 heavy (non-hydrogen) atoms. The fourth-order valence-corrected chi connectivity index (χ4v) is 3.20. The van der Waals surface area contributed by atoms with Crippen molar-refractivity contribution < 1.29 is 9.18 Å². The van der Waals surface area contributed by atoms with E-state index in [9.17, 15) is 9.18 Å². The summed E-state index contributed by atoms with van der Waals surface area (Å²) in [7, 11) is 0. The molecule has 1 fully saturated rings. The Kier molecular flexibility index (Phi) is 5.54. The Labute approximate surface area is 127 Å². The summed E-state index contributed by atoms with van der Waals surface area (Å²) in [5.41, 5.74) is 6.56. The van der Waals surface area contributed by atoms with Crippen LogP contribution in [0.4, 0.5) is 4.39 Å². The van der Waals surface area contributed by atoms with Crippen LogP contribution in [0.15, 0.2) is 22.7 Å². The van der Waals surface area contributed by atoms with Crippen LogP contribution in [0.25, 0.3) is 0 Å². The van der Waals surface area contributed by atoms with Gasteiger partial charge in [-0.3, -0.25) is 4.79 Å². The van der Waals surface area contributed by atoms with Crippen molar-refractivity contribution >= 4 is 21.8 Å². The van der Waals surface area contributed by atoms with Gasteiger partial charge in [0.2, 0.25) is 5.91 Å². The monoisotopic (exact) mass is 342 g/mol. The summed E-state index contributed by atoms with van der Waals surface area (Å²) >= 11 is 3.13. The molecular weight excluding hydrogens is 323 g/mol. The molecule has 0 heterocycles. The number of rotatable bonds is 4. The minimum Gasteiger partial charge on any atom is -0.353 e. The predicted molar refractivity (Wildman–Crippen MR) is 80.7 cm³/mol. The molecule has 2 atom stereocenters. The second-order valence-corrected chi connectivity index (χ2v) is 6.23. The molecule has 1 saturated carbocycles. The third-order valence-electron chi connectivity index (χ3n) is 3.91. The van der Waals surface area contributed by atoms with Gasteiger partial charge in [-0.05, 0) is 58.9 Å². The summed E-state index contributed by atoms with van der Waals surface area (Å²) in [5.74, 6) is 0.0474. The zero-order chi connectivity index (χ0) is 14.5. The molecule has 1 aliphatic rings. The lowest BCUT2D eigenvalue weighted by atomic mass is 9.84. The van der Waals surface area contributed by atoms with Crippen molar-refractivity contribution in [2.75, 3.05) is 6.54 Å². The molecule has 2 unspecified atom stereocenters. The van der Waals surface area contributed by atoms with Gasteiger partial charge in [0.05, 0.1) is 10.9 Å². The fraction of sp³-hybridized carbons (Fsp3) is 0.533. The molecule has 1 aliphatic carbocycles. The van der Waals surface area contributed by atoms with Gasteiger partial charge in [0.15, 0.2) is 0 Å². The van der Waals surface area contributed by atoms with Crippen LogP contribution in [0.1, 0.15) is 31.2 Å². The number of carbonyl (C=O) groups is 1. The Morgan fingerprint density at radius 3 is 2.85 bits per heavy atom. The number of nitrogens with two attached hydrogens (primary N) is 1. The molecule has 1 aromatic rings. The second-order valence-electron chi connectivity index (χ2n) is 5.38. The number of hydrogen-bond donors (Lipinski definition) is 2. The Hall–Kier alpha value is -0.940. The lowest BCUT2D eigenvalue weighted by molar-refractivity contribution is -0.121. The number of halogens is 2. The lowest BCUT2D eigenvalue weighted by Crippen LogP contribution is -2.45. The molecule has 5 heteroatoms. The third kappa shape index (κ3) is 4.03. The predicted octanol–water partition coefficient (Wildman–Crippen LogP) is 2.76. The van der Waals surface area contributed by atoms with Crippen LogP contribution in [-0.4, -0.2) is 18.5 Å². The highest BCUT2D eigenvalue weighted by Crippen LogP contribution is 2.23. The largest absolute Gasteiger partial charge is 0.353 e. The summed E-state index contributed by atoms with van der Waals surface area (Å²) in [4.78, 5) is 12.1. The maximum absolute atomic E-state index is 13.1. The maximum atomic E-state index is 13.1. The first-order valence-electron chi connectivity index (χ1n) is 7.03. The van der Waals surface area contributed by atoms with E-state index < -0.39 is 0 Å². The molecule has 0 radical (unpaired) electrons. The quantitative estimate of drug-likeness (QED) is 0.883. The highest BCUT2D eigenvalue weighted by Gasteiger charge is 2.25. The first-order chi connectivity index (χ1) is 9.60. The van der Waals surface area contributed by atoms with Crippen molar-refractivity contribution in [1.82, 2.24) is 5.32 Å². The van der Waals surface area contributed by atoms with Crippen molar-refractivity contribution in [1.29, 1.82) is 0 Å². The van der Waals surface area contributed by atoms with Gasteiger partial charge in [-0.15, -0.1) is 0 Å². The molecule has 0 bridgehead atoms. The molecule has 110 valence electrons. The molecule has 0 aromatic heterocycles. The molecule has 0 spiro atoms. The number of carbonyl (C=O) groups excluding carboxylic acids is 1. The minimum atomic E-state index is -0.315. The Balaban J connectivity index is 1.92. The van der Waals surface area contributed by atoms with E-state index in [2.05, 4.69) is 21.2 Å². The van der Waals surface area contributed by atoms with E-state index >= 15 is 0 Å². The van der Waals surface area contributed by atoms with Crippen LogP contribution in [0, 0.1) is 11.7 Å². The van der Waals surface area contributed by atoms with Crippen LogP contribution >= 0.6 is 15.9 Å². The highest BCUT2D eigenvalue weighted by molar-refractivity contribution is 9.10. The average Bonchev–Trinajstić information content (AvgIpc) is 2.43. The standard InChI is InChI=1S/C15H20BrFN2O/c16-12-7-10(5-6-13(12)17)8-15(20)19-14-4-2-1-3-11(14)9-18/h5-7,11,14H,1-4,8-9,18H2,(H,19,20). The number of benzene rings is 1. The van der Waals surface area contributed by atoms with Gasteiger partial charge in [-0.2, -0.15) is 0 Å². The summed E-state index contributed by atoms with van der Waals surface area (Å²) in [6.45, 7) is 0.618. The molecule has 3 nitrogen and oxygen atoms in total. The maximum Gasteiger partial charge on any atom is 0.224 e. The van der Waals surface area contributed by atoms with Crippen LogP contribution in [0.5, 0.6) is 0 Å². The van der Waals surface area contributed by atoms with E-state index in [1.54, 1.807) is 12.1 Å². The van der Waals surface area contributed by atoms with E-state index in [0.29, 0.717) is 16.9 Å². The van der Waals surface area contributed by atoms with Crippen molar-refractivity contribution in [2.24, 2.45) is 11.7 Å². The molecule has 1 aromatic carbocycles. The summed E-state index contributed by atoms with van der Waals surface area (Å²) in [6, 6.07) is 4.85. The first-order valence-corrected chi connectivity index (χ1v) is 7.83. The summed E-state index contributed by atoms with van der Waals surface area (Å²) in [6.07, 6.45) is 4.69. The highest BCUT2D eigenvalue weighted by atomic mass is 79.9. The lowest BCUT2D eigenvalue weighted by Gasteiger charge is -2.31. The normalized spacial score (nSPS) is 22.6. The smallest absolute Gasteiger partial charge is 0.224 e. The van der Waals surface area contributed by atoms with E-state index in [1.165, 1.54) is 12.5 Å². The van der Waals surface area contributed by atoms with Gasteiger partial charge < -0.3 is 11.1 Å². The number of amides is 1. The molecular formula is C15H20BrFN2O. The molecule has 2 rings (SSSR count). The van der Waals surface area contributed by atoms with Crippen molar-refractivity contribution in [2.45, 2.75) is 38.1 Å². The van der Waals surface area contributed by atoms with E-state index in [4.69, 9.17) is 5.73 Å². The number of hydrogen-bond acceptors (Lipinski definition) is 2. The topological polar surface area (TPSA) is 55.1 Å². The van der Waals surface area contributed by atoms with Gasteiger partial charge in [0.25, 0.3) is 0 Å². The Morgan fingerprint density at radius 2 is 2.15 bits per heavy atom. The van der Waals surface area contributed by atoms with Gasteiger partial charge in [-0.1, -0.05) is 18.9 Å². The first kappa shape index (κ1) is 15.4. The zero-order valence-corrected chi connectivity index (χ0v) is 13.0. The van der Waals surface area contributed by atoms with Crippen LogP contribution in [0.2, 0.25) is 0 Å². The van der Waals surface area contributed by atoms with Gasteiger partial charge in [0, 0.05) is 6.04 Å². The molecule has 3 N–H and O–H groups in total. The zero-order valence-electron chi connectivity index (χ0n) is 11.4. The minimum absolute atomic E-state index is 0.0196. The van der Waals surface area contributed by atoms with Crippen molar-refractivity contribution in [3.8, 4) is 0 Å².